The van der Waals surface area contributed by atoms with Crippen LogP contribution in [0.5, 0.6) is 23.0 Å². The summed E-state index contributed by atoms with van der Waals surface area (Å²) >= 11 is 2.85. The molecule has 8 aromatic carbocycles. The normalized spacial score (nSPS) is 12.0. The van der Waals surface area contributed by atoms with E-state index in [9.17, 15) is 69.9 Å². The number of alkyl halides is 9. The highest BCUT2D eigenvalue weighted by Crippen LogP contribution is 2.49. The smallest absolute Gasteiger partial charge is 0.506 e. The van der Waals surface area contributed by atoms with Crippen LogP contribution in [0, 0.1) is 166 Å². The van der Waals surface area contributed by atoms with Gasteiger partial charge in [0.1, 0.15) is 17.2 Å². The molecule has 0 aliphatic rings. The van der Waals surface area contributed by atoms with E-state index in [0.717, 1.165) is 55.0 Å². The lowest BCUT2D eigenvalue weighted by atomic mass is 9.87. The van der Waals surface area contributed by atoms with Gasteiger partial charge in [0, 0.05) is 16.7 Å². The van der Waals surface area contributed by atoms with Crippen LogP contribution in [-0.2, 0) is 34.0 Å². The average Bonchev–Trinajstić information content (AvgIpc) is 0.751. The fourth-order valence-electron chi connectivity index (χ4n) is 12.9. The molecule has 0 atom stereocenters. The highest BCUT2D eigenvalue weighted by atomic mass is 35.8. The molecule has 0 fully saturated rings. The Bertz CT molecular complexity index is 4860. The van der Waals surface area contributed by atoms with E-state index >= 15 is 0 Å². The fraction of sp³-hybridized carbons (Fsp3) is 0.444. The van der Waals surface area contributed by atoms with Crippen molar-refractivity contribution in [2.45, 2.75) is 197 Å². The van der Waals surface area contributed by atoms with Crippen LogP contribution in [0.15, 0.2) is 20.8 Å². The van der Waals surface area contributed by atoms with Gasteiger partial charge in [-0.1, -0.05) is 0 Å². The van der Waals surface area contributed by atoms with Gasteiger partial charge in [-0.25, -0.2) is 30.1 Å². The summed E-state index contributed by atoms with van der Waals surface area (Å²) in [5, 5.41) is 20.2. The second-order valence-corrected chi connectivity index (χ2v) is 38.4. The van der Waals surface area contributed by atoms with Crippen LogP contribution in [0.1, 0.15) is 134 Å². The third-order valence-electron chi connectivity index (χ3n) is 19.4. The molecule has 0 aromatic heterocycles. The number of rotatable bonds is 9. The maximum Gasteiger partial charge on any atom is 0.643 e. The zero-order chi connectivity index (χ0) is 79.8. The van der Waals surface area contributed by atoms with Crippen LogP contribution in [0.2, 0.25) is 0 Å². The van der Waals surface area contributed by atoms with Gasteiger partial charge in [-0.05, 0) is 351 Å². The number of benzene rings is 8. The molecule has 8 aromatic rings. The van der Waals surface area contributed by atoms with E-state index in [4.69, 9.17) is 39.6 Å². The summed E-state index contributed by atoms with van der Waals surface area (Å²) in [6.45, 7) is 50.6. The molecule has 0 amide bonds. The summed E-state index contributed by atoms with van der Waals surface area (Å²) in [5.74, 6) is 2.23. The van der Waals surface area contributed by atoms with Crippen molar-refractivity contribution in [1.29, 1.82) is 0 Å². The molecule has 0 unspecified atom stereocenters. The second-order valence-electron chi connectivity index (χ2n) is 24.7. The van der Waals surface area contributed by atoms with E-state index in [2.05, 4.69) is 134 Å². The Morgan fingerprint density at radius 2 is 0.569 bits per heavy atom. The number of hydrogen-bond acceptors (Lipinski definition) is 14. The molecule has 30 heteroatoms. The lowest BCUT2D eigenvalue weighted by Crippen LogP contribution is -2.34. The molecular formula is C72H89AlCl3F9O11S6. The number of aromatic hydroxyl groups is 1. The van der Waals surface area contributed by atoms with Crippen LogP contribution < -0.4 is 13.7 Å². The minimum Gasteiger partial charge on any atom is -0.506 e. The van der Waals surface area contributed by atoms with Crippen molar-refractivity contribution >= 4 is 150 Å². The lowest BCUT2D eigenvalue weighted by molar-refractivity contribution is -0.0586. The van der Waals surface area contributed by atoms with Crippen molar-refractivity contribution in [3.8, 4) is 23.0 Å². The third kappa shape index (κ3) is 18.4. The van der Waals surface area contributed by atoms with Gasteiger partial charge in [-0.2, -0.15) is 64.8 Å². The van der Waals surface area contributed by atoms with E-state index < -0.39 is 58.3 Å². The van der Waals surface area contributed by atoms with Gasteiger partial charge >= 0.3 is 58.3 Å². The van der Waals surface area contributed by atoms with E-state index in [1.165, 1.54) is 144 Å². The molecule has 0 saturated heterocycles. The third-order valence-corrected chi connectivity index (χ3v) is 25.7. The highest BCUT2D eigenvalue weighted by Gasteiger charge is 2.57. The summed E-state index contributed by atoms with van der Waals surface area (Å²) in [6.07, 6.45) is 5.83. The molecule has 0 aliphatic carbocycles. The van der Waals surface area contributed by atoms with Gasteiger partial charge in [-0.3, -0.25) is 0 Å². The molecule has 0 radical (unpaired) electrons. The maximum absolute atomic E-state index is 12.8. The van der Waals surface area contributed by atoms with Crippen molar-refractivity contribution in [2.24, 2.45) is 0 Å². The minimum absolute atomic E-state index is 0.245. The quantitative estimate of drug-likeness (QED) is 0.0478. The Labute approximate surface area is 625 Å². The molecule has 102 heavy (non-hydrogen) atoms. The Morgan fingerprint density at radius 3 is 0.833 bits per heavy atom. The van der Waals surface area contributed by atoms with Gasteiger partial charge in [0.25, 0.3) is 0 Å². The summed E-state index contributed by atoms with van der Waals surface area (Å²) < 4.78 is 188. The molecule has 8 rings (SSSR count). The van der Waals surface area contributed by atoms with Crippen molar-refractivity contribution in [2.75, 3.05) is 33.0 Å². The molecule has 0 bridgehead atoms. The van der Waals surface area contributed by atoms with Gasteiger partial charge in [-0.15, -0.1) is 38.9 Å². The Kier molecular flexibility index (Phi) is 31.2. The van der Waals surface area contributed by atoms with Gasteiger partial charge in [0.15, 0.2) is 5.75 Å². The first-order valence-corrected chi connectivity index (χ1v) is 44.2. The number of halogens is 12. The van der Waals surface area contributed by atoms with E-state index in [1.54, 1.807) is 57.8 Å². The highest BCUT2D eigenvalue weighted by molar-refractivity contribution is 8.00. The Hall–Kier alpha value is -4.37. The first-order chi connectivity index (χ1) is 46.3. The summed E-state index contributed by atoms with van der Waals surface area (Å²) in [7, 11) is -1.08. The van der Waals surface area contributed by atoms with E-state index in [1.807, 2.05) is 44.5 Å². The standard InChI is InChI=1S/C18H21F3O3S2.C18H24OS.C17H22OS.C17H22O.C2F6O5S2.Al.3ClH/c1-8-9(2)11(4)15-13(6)17(25-7)16(12(5)14(15)10(8)3)24-26(22,23)18(19,20)21;1-9-10(2)12(4)16-14(6)18(20-8)17(19-7)13(5)15(16)11(9)3;1-8-9(2)11(4)15-13(6)17(19-7)16(18)12(5)14(15)10(8)3;1-9-8-15(18-7)14(6)17-13(5)11(3)10(2)12(4)16(9)17;3-1(4,5)14(9,10)13-15(11,12)2(6,7)8;;;;/h1-7H3;1-8H3;18H,1-7H3;8H,1-7H3;;;3*1H/q;;;;;+3;;;/p-3. The molecule has 0 aliphatic heterocycles. The monoisotopic (exact) mass is 1620 g/mol. The number of phenolic OH excluding ortho intramolecular Hbond substituents is 1. The molecule has 0 saturated carbocycles. The van der Waals surface area contributed by atoms with Crippen molar-refractivity contribution in [1.82, 2.24) is 0 Å². The summed E-state index contributed by atoms with van der Waals surface area (Å²) in [6, 6.07) is 2.15. The Balaban J connectivity index is 0.000000330. The van der Waals surface area contributed by atoms with Gasteiger partial charge in [0.2, 0.25) is 0 Å². The number of aryl methyl sites for hydroxylation is 16. The molecule has 0 spiro atoms. The number of hydrogen-bond donors (Lipinski definition) is 1. The number of phenols is 1. The SMILES string of the molecule is COc1c(SC)c(C)c2c(C)c(C)c(C)c(C)c2c1C.COc1cc(C)c2c(C)c(C)c(C)c(C)c2c1C.CSc1c(O)c(C)c2c(C)c(C)c(C)c(C)c2c1C.CSc1c(OS(=O)(=O)C(F)(F)F)c(C)c2c(C)c(C)c(C)c(C)c2c1C.O=S(=O)(OS(=O)(=O)C(F)(F)F)C(F)(F)F.[Cl][Al]([Cl])[Cl]. The number of ether oxygens (including phenoxy) is 2. The molecule has 11 nitrogen and oxygen atoms in total. The van der Waals surface area contributed by atoms with Gasteiger partial charge in [0.05, 0.1) is 28.9 Å². The lowest BCUT2D eigenvalue weighted by Gasteiger charge is -2.23. The number of thioether (sulfide) groups is 3. The molecule has 0 heterocycles. The van der Waals surface area contributed by atoms with Crippen LogP contribution in [0.3, 0.4) is 0 Å². The topological polar surface area (TPSA) is 160 Å². The van der Waals surface area contributed by atoms with Crippen LogP contribution in [-0.4, -0.2) is 91.3 Å². The molecule has 566 valence electrons. The van der Waals surface area contributed by atoms with Gasteiger partial charge < -0.3 is 18.8 Å². The van der Waals surface area contributed by atoms with Crippen molar-refractivity contribution in [3.05, 3.63) is 140 Å². The predicted molar refractivity (Wildman–Crippen MR) is 410 cm³/mol. The Morgan fingerprint density at radius 1 is 0.333 bits per heavy atom. The minimum atomic E-state index is -6.85. The van der Waals surface area contributed by atoms with E-state index in [-0.39, 0.29) is 5.75 Å². The summed E-state index contributed by atoms with van der Waals surface area (Å²) in [4.78, 5) is 2.67. The zero-order valence-corrected chi connectivity index (χ0v) is 71.0. The van der Waals surface area contributed by atoms with Crippen LogP contribution >= 0.6 is 65.4 Å². The number of methoxy groups -OCH3 is 2. The first-order valence-electron chi connectivity index (χ1n) is 31.0. The van der Waals surface area contributed by atoms with Crippen LogP contribution in [0.4, 0.5) is 39.5 Å². The maximum atomic E-state index is 12.8. The molecule has 1 N–H and O–H groups in total. The number of fused-ring (bicyclic) bond motifs is 4. The van der Waals surface area contributed by atoms with Crippen molar-refractivity contribution in [3.63, 3.8) is 0 Å². The summed E-state index contributed by atoms with van der Waals surface area (Å²) in [5.41, 5.74) is 11.1. The average molecular weight is 1630 g/mol. The van der Waals surface area contributed by atoms with Crippen molar-refractivity contribution < 1.29 is 87.2 Å². The predicted octanol–water partition coefficient (Wildman–Crippen LogP) is 23.3. The van der Waals surface area contributed by atoms with E-state index in [0.29, 0.717) is 21.8 Å². The zero-order valence-electron chi connectivity index (χ0n) is 62.7. The molecular weight excluding hydrogens is 1540 g/mol. The fourth-order valence-corrected chi connectivity index (χ4v) is 17.4. The first kappa shape index (κ1) is 91.8. The largest absolute Gasteiger partial charge is 0.643 e. The second kappa shape index (κ2) is 34.7. The van der Waals surface area contributed by atoms with Crippen LogP contribution in [0.25, 0.3) is 43.1 Å².